The number of thioether (sulfide) groups is 1. The molecule has 2 fully saturated rings. The fourth-order valence-electron chi connectivity index (χ4n) is 4.59. The summed E-state index contributed by atoms with van der Waals surface area (Å²) in [5, 5.41) is 3.10. The fraction of sp³-hybridized carbons (Fsp3) is 0.304. The highest BCUT2D eigenvalue weighted by atomic mass is 35.5. The van der Waals surface area contributed by atoms with Crippen molar-refractivity contribution in [3.8, 4) is 11.1 Å². The second kappa shape index (κ2) is 7.67. The summed E-state index contributed by atoms with van der Waals surface area (Å²) < 4.78 is 0. The van der Waals surface area contributed by atoms with Crippen molar-refractivity contribution in [2.24, 2.45) is 0 Å². The summed E-state index contributed by atoms with van der Waals surface area (Å²) in [7, 11) is 0. The van der Waals surface area contributed by atoms with Crippen molar-refractivity contribution in [1.29, 1.82) is 0 Å². The van der Waals surface area contributed by atoms with Crippen molar-refractivity contribution in [3.05, 3.63) is 59.2 Å². The van der Waals surface area contributed by atoms with Crippen molar-refractivity contribution >= 4 is 46.1 Å². The molecule has 1 aliphatic heterocycles. The standard InChI is InChI=1S/C23H22ClN3O2S/c24-16-9-10-18-17(13-16)20(15-7-3-1-4-8-15)21(25-18)22(29)26-27-19(28)14-30-23(27)11-5-2-6-12-23/h1,3-4,7-10,13,25H,2,5-6,11-12,14H2,(H,26,29). The van der Waals surface area contributed by atoms with Gasteiger partial charge < -0.3 is 4.98 Å². The van der Waals surface area contributed by atoms with E-state index in [1.807, 2.05) is 42.5 Å². The minimum atomic E-state index is -0.312. The molecule has 2 heterocycles. The van der Waals surface area contributed by atoms with E-state index in [9.17, 15) is 9.59 Å². The summed E-state index contributed by atoms with van der Waals surface area (Å²) in [5.41, 5.74) is 5.94. The molecule has 1 saturated carbocycles. The Labute approximate surface area is 184 Å². The molecule has 0 radical (unpaired) electrons. The number of hydrazine groups is 1. The first kappa shape index (κ1) is 19.5. The summed E-state index contributed by atoms with van der Waals surface area (Å²) in [4.78, 5) is 29.0. The Morgan fingerprint density at radius 3 is 2.63 bits per heavy atom. The first-order chi connectivity index (χ1) is 14.6. The van der Waals surface area contributed by atoms with Gasteiger partial charge in [-0.3, -0.25) is 15.0 Å². The van der Waals surface area contributed by atoms with Crippen LogP contribution in [-0.2, 0) is 4.79 Å². The molecule has 154 valence electrons. The molecule has 7 heteroatoms. The maximum absolute atomic E-state index is 13.4. The van der Waals surface area contributed by atoms with Gasteiger partial charge in [-0.2, -0.15) is 0 Å². The zero-order valence-corrected chi connectivity index (χ0v) is 18.0. The largest absolute Gasteiger partial charge is 0.350 e. The van der Waals surface area contributed by atoms with Gasteiger partial charge in [0.1, 0.15) is 10.6 Å². The lowest BCUT2D eigenvalue weighted by molar-refractivity contribution is -0.133. The van der Waals surface area contributed by atoms with Crippen molar-refractivity contribution < 1.29 is 9.59 Å². The van der Waals surface area contributed by atoms with Gasteiger partial charge in [-0.25, -0.2) is 5.01 Å². The second-order valence-corrected chi connectivity index (χ2v) is 9.67. The van der Waals surface area contributed by atoms with Crippen LogP contribution in [0.3, 0.4) is 0 Å². The zero-order chi connectivity index (χ0) is 20.7. The van der Waals surface area contributed by atoms with Crippen LogP contribution in [0, 0.1) is 0 Å². The lowest BCUT2D eigenvalue weighted by atomic mass is 9.94. The number of fused-ring (bicyclic) bond motifs is 1. The average Bonchev–Trinajstić information content (AvgIpc) is 3.28. The number of nitrogens with one attached hydrogen (secondary N) is 2. The highest BCUT2D eigenvalue weighted by Crippen LogP contribution is 2.46. The van der Waals surface area contributed by atoms with Crippen LogP contribution in [0.2, 0.25) is 5.02 Å². The molecule has 1 aliphatic carbocycles. The van der Waals surface area contributed by atoms with Crippen LogP contribution in [0.5, 0.6) is 0 Å². The number of aromatic nitrogens is 1. The van der Waals surface area contributed by atoms with E-state index in [2.05, 4.69) is 10.4 Å². The smallest absolute Gasteiger partial charge is 0.286 e. The minimum Gasteiger partial charge on any atom is -0.350 e. The highest BCUT2D eigenvalue weighted by molar-refractivity contribution is 8.01. The van der Waals surface area contributed by atoms with Gasteiger partial charge in [0.15, 0.2) is 0 Å². The number of amides is 2. The van der Waals surface area contributed by atoms with E-state index in [0.29, 0.717) is 16.5 Å². The van der Waals surface area contributed by atoms with Crippen LogP contribution in [0.15, 0.2) is 48.5 Å². The second-order valence-electron chi connectivity index (χ2n) is 7.90. The summed E-state index contributed by atoms with van der Waals surface area (Å²) >= 11 is 7.91. The molecule has 1 saturated heterocycles. The molecule has 2 aromatic carbocycles. The van der Waals surface area contributed by atoms with Crippen molar-refractivity contribution in [2.75, 3.05) is 5.75 Å². The SMILES string of the molecule is O=C(NN1C(=O)CSC12CCCCC2)c1[nH]c2ccc(Cl)cc2c1-c1ccccc1. The first-order valence-electron chi connectivity index (χ1n) is 10.2. The molecular formula is C23H22ClN3O2S. The van der Waals surface area contributed by atoms with E-state index in [1.54, 1.807) is 22.8 Å². The number of halogens is 1. The van der Waals surface area contributed by atoms with Crippen molar-refractivity contribution in [1.82, 2.24) is 15.4 Å². The van der Waals surface area contributed by atoms with Crippen LogP contribution >= 0.6 is 23.4 Å². The van der Waals surface area contributed by atoms with Gasteiger partial charge in [0.2, 0.25) is 0 Å². The number of hydrogen-bond donors (Lipinski definition) is 2. The predicted octanol–water partition coefficient (Wildman–Crippen LogP) is 5.37. The number of H-pyrrole nitrogens is 1. The molecule has 0 atom stereocenters. The van der Waals surface area contributed by atoms with E-state index < -0.39 is 0 Å². The van der Waals surface area contributed by atoms with E-state index in [1.165, 1.54) is 6.42 Å². The third kappa shape index (κ3) is 3.28. The van der Waals surface area contributed by atoms with E-state index >= 15 is 0 Å². The van der Waals surface area contributed by atoms with E-state index in [0.717, 1.165) is 47.7 Å². The zero-order valence-electron chi connectivity index (χ0n) is 16.4. The number of carbonyl (C=O) groups excluding carboxylic acids is 2. The van der Waals surface area contributed by atoms with Crippen molar-refractivity contribution in [2.45, 2.75) is 37.0 Å². The Morgan fingerprint density at radius 2 is 1.87 bits per heavy atom. The molecule has 2 aliphatic rings. The number of hydrogen-bond acceptors (Lipinski definition) is 3. The van der Waals surface area contributed by atoms with Crippen LogP contribution in [0.25, 0.3) is 22.0 Å². The summed E-state index contributed by atoms with van der Waals surface area (Å²) in [6.07, 6.45) is 5.16. The molecule has 1 spiro atoms. The normalized spacial score (nSPS) is 18.3. The lowest BCUT2D eigenvalue weighted by Gasteiger charge is -2.39. The van der Waals surface area contributed by atoms with Gasteiger partial charge in [-0.1, -0.05) is 61.2 Å². The number of benzene rings is 2. The minimum absolute atomic E-state index is 0.0318. The molecule has 0 bridgehead atoms. The predicted molar refractivity (Wildman–Crippen MR) is 121 cm³/mol. The molecule has 0 unspecified atom stereocenters. The highest BCUT2D eigenvalue weighted by Gasteiger charge is 2.48. The molecular weight excluding hydrogens is 418 g/mol. The molecule has 1 aromatic heterocycles. The number of aromatic amines is 1. The molecule has 5 rings (SSSR count). The average molecular weight is 440 g/mol. The number of carbonyl (C=O) groups is 2. The first-order valence-corrected chi connectivity index (χ1v) is 11.6. The fourth-order valence-corrected chi connectivity index (χ4v) is 6.13. The Bertz CT molecular complexity index is 1120. The molecule has 2 N–H and O–H groups in total. The van der Waals surface area contributed by atoms with Gasteiger partial charge in [0.05, 0.1) is 5.75 Å². The van der Waals surface area contributed by atoms with Gasteiger partial charge in [0.25, 0.3) is 11.8 Å². The maximum atomic E-state index is 13.4. The van der Waals surface area contributed by atoms with Crippen LogP contribution in [0.4, 0.5) is 0 Å². The van der Waals surface area contributed by atoms with Crippen LogP contribution in [0.1, 0.15) is 42.6 Å². The third-order valence-corrected chi connectivity index (χ3v) is 7.77. The monoisotopic (exact) mass is 439 g/mol. The number of rotatable bonds is 3. The summed E-state index contributed by atoms with van der Waals surface area (Å²) in [6, 6.07) is 15.3. The van der Waals surface area contributed by atoms with Crippen molar-refractivity contribution in [3.63, 3.8) is 0 Å². The summed E-state index contributed by atoms with van der Waals surface area (Å²) in [6.45, 7) is 0. The lowest BCUT2D eigenvalue weighted by Crippen LogP contribution is -2.55. The quantitative estimate of drug-likeness (QED) is 0.576. The molecule has 30 heavy (non-hydrogen) atoms. The topological polar surface area (TPSA) is 65.2 Å². The molecule has 2 amide bonds. The molecule has 5 nitrogen and oxygen atoms in total. The Kier molecular flexibility index (Phi) is 4.99. The van der Waals surface area contributed by atoms with Crippen LogP contribution in [-0.4, -0.2) is 32.4 Å². The van der Waals surface area contributed by atoms with Crippen LogP contribution < -0.4 is 5.43 Å². The number of nitrogens with zero attached hydrogens (tertiary/aromatic N) is 1. The summed E-state index contributed by atoms with van der Waals surface area (Å²) in [5.74, 6) is 0.0753. The van der Waals surface area contributed by atoms with Gasteiger partial charge in [-0.15, -0.1) is 11.8 Å². The molecule has 3 aromatic rings. The van der Waals surface area contributed by atoms with Gasteiger partial charge in [-0.05, 0) is 36.6 Å². The van der Waals surface area contributed by atoms with E-state index in [4.69, 9.17) is 11.6 Å². The Hall–Kier alpha value is -2.44. The maximum Gasteiger partial charge on any atom is 0.286 e. The third-order valence-electron chi connectivity index (χ3n) is 6.02. The Morgan fingerprint density at radius 1 is 1.10 bits per heavy atom. The van der Waals surface area contributed by atoms with E-state index in [-0.39, 0.29) is 16.7 Å². The van der Waals surface area contributed by atoms with Gasteiger partial charge in [0, 0.05) is 21.5 Å². The Balaban J connectivity index is 1.56. The van der Waals surface area contributed by atoms with Gasteiger partial charge >= 0.3 is 0 Å².